The van der Waals surface area contributed by atoms with Gasteiger partial charge in [0, 0.05) is 0 Å². The number of rotatable bonds is 0. The number of hydrogen-bond acceptors (Lipinski definition) is 0. The molecular weight excluding hydrogens is 514 g/mol. The van der Waals surface area contributed by atoms with Crippen LogP contribution < -0.4 is 0 Å². The summed E-state index contributed by atoms with van der Waals surface area (Å²) in [4.78, 5) is 0. The van der Waals surface area contributed by atoms with Gasteiger partial charge in [0.15, 0.2) is 0 Å². The summed E-state index contributed by atoms with van der Waals surface area (Å²) in [6, 6.07) is 19.3. The van der Waals surface area contributed by atoms with E-state index in [9.17, 15) is 0 Å². The molecule has 0 unspecified atom stereocenters. The molecular formula is C22H24Cl2Hf. The average molecular weight is 538 g/mol. The fourth-order valence-corrected chi connectivity index (χ4v) is 2.42. The Morgan fingerprint density at radius 2 is 1.36 bits per heavy atom. The van der Waals surface area contributed by atoms with Crippen molar-refractivity contribution in [3.63, 3.8) is 0 Å². The second kappa shape index (κ2) is 12.5. The maximum Gasteiger partial charge on any atom is -0.0771 e. The number of halogens is 2. The molecule has 25 heavy (non-hydrogen) atoms. The molecule has 3 aromatic carbocycles. The van der Waals surface area contributed by atoms with Crippen LogP contribution in [0.5, 0.6) is 0 Å². The predicted molar refractivity (Wildman–Crippen MR) is 114 cm³/mol. The quantitative estimate of drug-likeness (QED) is 0.214. The van der Waals surface area contributed by atoms with Crippen molar-refractivity contribution in [3.05, 3.63) is 78.4 Å². The molecule has 3 heteroatoms. The first-order valence-electron chi connectivity index (χ1n) is 7.87. The minimum atomic E-state index is 0. The summed E-state index contributed by atoms with van der Waals surface area (Å²) in [5.41, 5.74) is 1.27. The minimum Gasteiger partial charge on any atom is -0.147 e. The molecule has 0 bridgehead atoms. The van der Waals surface area contributed by atoms with E-state index in [0.29, 0.717) is 0 Å². The Bertz CT molecular complexity index is 799. The van der Waals surface area contributed by atoms with Gasteiger partial charge in [0.1, 0.15) is 0 Å². The summed E-state index contributed by atoms with van der Waals surface area (Å²) < 4.78 is 1.56. The van der Waals surface area contributed by atoms with Crippen molar-refractivity contribution in [1.82, 2.24) is 0 Å². The van der Waals surface area contributed by atoms with Gasteiger partial charge in [-0.25, -0.2) is 11.6 Å². The number of allylic oxidation sites excluding steroid dienone is 4. The van der Waals surface area contributed by atoms with E-state index in [-0.39, 0.29) is 24.8 Å². The van der Waals surface area contributed by atoms with Crippen molar-refractivity contribution >= 4 is 49.6 Å². The maximum atomic E-state index is 3.12. The first-order valence-corrected chi connectivity index (χ1v) is 9.66. The molecule has 0 aromatic heterocycles. The Labute approximate surface area is 178 Å². The van der Waals surface area contributed by atoms with Crippen LogP contribution in [0.15, 0.2) is 72.3 Å². The number of fused-ring (bicyclic) bond motifs is 3. The van der Waals surface area contributed by atoms with E-state index < -0.39 is 0 Å². The standard InChI is InChI=1S/C13H9.C6H7.C3H6.2ClH.Hf/c1-3-7-12-10(5-1)9-11-6-2-4-8-13(11)12;1-6-4-2-3-5-6;1-3-2;;;/h1-9H;2,4H,3H2,1H3;1-2H3;2*1H;/q2*-1;;;;+2. The van der Waals surface area contributed by atoms with Crippen LogP contribution in [0.25, 0.3) is 21.5 Å². The van der Waals surface area contributed by atoms with Gasteiger partial charge in [0.2, 0.25) is 0 Å². The van der Waals surface area contributed by atoms with E-state index in [1.165, 1.54) is 51.0 Å². The maximum absolute atomic E-state index is 3.12. The van der Waals surface area contributed by atoms with Crippen LogP contribution in [-0.4, -0.2) is 3.26 Å². The van der Waals surface area contributed by atoms with Crippen molar-refractivity contribution < 1.29 is 23.9 Å². The molecule has 0 radical (unpaired) electrons. The molecule has 0 fully saturated rings. The molecule has 0 spiro atoms. The average Bonchev–Trinajstić information content (AvgIpc) is 3.13. The molecule has 0 nitrogen and oxygen atoms in total. The predicted octanol–water partition coefficient (Wildman–Crippen LogP) is 7.00. The van der Waals surface area contributed by atoms with E-state index in [1.54, 1.807) is 3.26 Å². The Balaban J connectivity index is 0.000000410. The van der Waals surface area contributed by atoms with Gasteiger partial charge in [-0.15, -0.1) is 71.0 Å². The molecule has 0 aliphatic heterocycles. The second-order valence-corrected chi connectivity index (χ2v) is 9.38. The van der Waals surface area contributed by atoms with E-state index >= 15 is 0 Å². The molecule has 0 heterocycles. The summed E-state index contributed by atoms with van der Waals surface area (Å²) in [7, 11) is 0. The molecule has 0 saturated carbocycles. The summed E-state index contributed by atoms with van der Waals surface area (Å²) in [5, 5.41) is 5.39. The Morgan fingerprint density at radius 1 is 0.920 bits per heavy atom. The van der Waals surface area contributed by atoms with Crippen LogP contribution in [-0.2, 0) is 23.9 Å². The molecule has 0 atom stereocenters. The molecule has 1 aliphatic carbocycles. The summed E-state index contributed by atoms with van der Waals surface area (Å²) in [6.07, 6.45) is 8.33. The number of benzene rings is 2. The fraction of sp³-hybridized carbons (Fsp3) is 0.182. The summed E-state index contributed by atoms with van der Waals surface area (Å²) >= 11 is 1.27. The van der Waals surface area contributed by atoms with E-state index in [4.69, 9.17) is 0 Å². The largest absolute Gasteiger partial charge is 0.147 e. The van der Waals surface area contributed by atoms with Gasteiger partial charge in [0.05, 0.1) is 0 Å². The van der Waals surface area contributed by atoms with Gasteiger partial charge >= 0.3 is 41.0 Å². The van der Waals surface area contributed by atoms with E-state index in [1.807, 2.05) is 0 Å². The van der Waals surface area contributed by atoms with Crippen molar-refractivity contribution in [2.24, 2.45) is 0 Å². The Morgan fingerprint density at radius 3 is 1.68 bits per heavy atom. The topological polar surface area (TPSA) is 0 Å². The first-order chi connectivity index (χ1) is 11.1. The van der Waals surface area contributed by atoms with Crippen LogP contribution in [0.4, 0.5) is 0 Å². The molecule has 3 aromatic rings. The minimum absolute atomic E-state index is 0. The van der Waals surface area contributed by atoms with Gasteiger partial charge in [-0.05, 0) is 0 Å². The van der Waals surface area contributed by atoms with Gasteiger partial charge in [-0.2, -0.15) is 6.08 Å². The number of hydrogen-bond donors (Lipinski definition) is 0. The normalized spacial score (nSPS) is 11.3. The molecule has 1 aliphatic rings. The molecule has 130 valence electrons. The van der Waals surface area contributed by atoms with Crippen molar-refractivity contribution in [2.75, 3.05) is 0 Å². The SMILES string of the molecule is CC1=[C-]CC=C1.C[C](C)=[Hf+2].Cl.Cl.c1ccc2c(c1)[cH-]c1ccccc12. The van der Waals surface area contributed by atoms with Crippen LogP contribution in [0, 0.1) is 6.08 Å². The van der Waals surface area contributed by atoms with Crippen LogP contribution in [0.3, 0.4) is 0 Å². The third kappa shape index (κ3) is 7.90. The smallest absolute Gasteiger partial charge is 0.0771 e. The van der Waals surface area contributed by atoms with Gasteiger partial charge < -0.3 is 0 Å². The third-order valence-electron chi connectivity index (χ3n) is 3.39. The van der Waals surface area contributed by atoms with Gasteiger partial charge in [0.25, 0.3) is 0 Å². The molecule has 4 rings (SSSR count). The molecule has 0 saturated heterocycles. The molecule has 0 amide bonds. The Hall–Kier alpha value is -0.890. The monoisotopic (exact) mass is 538 g/mol. The fourth-order valence-electron chi connectivity index (χ4n) is 2.42. The Kier molecular flexibility index (Phi) is 12.0. The van der Waals surface area contributed by atoms with Crippen LogP contribution in [0.1, 0.15) is 27.2 Å². The molecule has 0 N–H and O–H groups in total. The van der Waals surface area contributed by atoms with Crippen LogP contribution >= 0.6 is 24.8 Å². The van der Waals surface area contributed by atoms with E-state index in [2.05, 4.69) is 93.6 Å². The van der Waals surface area contributed by atoms with Crippen molar-refractivity contribution in [1.29, 1.82) is 0 Å². The van der Waals surface area contributed by atoms with Crippen molar-refractivity contribution in [2.45, 2.75) is 27.2 Å². The third-order valence-corrected chi connectivity index (χ3v) is 3.39. The zero-order valence-corrected chi connectivity index (χ0v) is 20.1. The van der Waals surface area contributed by atoms with Gasteiger partial charge in [-0.1, -0.05) is 43.3 Å². The summed E-state index contributed by atoms with van der Waals surface area (Å²) in [5.74, 6) is 0. The zero-order chi connectivity index (χ0) is 16.7. The zero-order valence-electron chi connectivity index (χ0n) is 14.9. The van der Waals surface area contributed by atoms with E-state index in [0.717, 1.165) is 6.42 Å². The van der Waals surface area contributed by atoms with Crippen LogP contribution in [0.2, 0.25) is 0 Å². The summed E-state index contributed by atoms with van der Waals surface area (Å²) in [6.45, 7) is 6.35. The van der Waals surface area contributed by atoms with Crippen molar-refractivity contribution in [3.8, 4) is 0 Å². The first kappa shape index (κ1) is 24.1. The van der Waals surface area contributed by atoms with Gasteiger partial charge in [-0.3, -0.25) is 6.08 Å². The second-order valence-electron chi connectivity index (χ2n) is 5.79.